The Morgan fingerprint density at radius 2 is 1.47 bits per heavy atom. The molecule has 1 aliphatic heterocycles. The molecule has 1 heterocycles. The van der Waals surface area contributed by atoms with E-state index in [0.717, 1.165) is 44.9 Å². The van der Waals surface area contributed by atoms with E-state index in [4.69, 9.17) is 21.6 Å². The molecule has 0 aliphatic carbocycles. The Morgan fingerprint density at radius 1 is 0.906 bits per heavy atom. The van der Waals surface area contributed by atoms with Gasteiger partial charge in [0.15, 0.2) is 0 Å². The van der Waals surface area contributed by atoms with Crippen molar-refractivity contribution in [2.24, 2.45) is 0 Å². The van der Waals surface area contributed by atoms with Crippen LogP contribution < -0.4 is 0 Å². The molecule has 1 rings (SSSR count). The molecule has 2 radical (unpaired) electrons. The van der Waals surface area contributed by atoms with E-state index < -0.39 is 27.5 Å². The van der Waals surface area contributed by atoms with Gasteiger partial charge in [-0.25, -0.2) is 0 Å². The van der Waals surface area contributed by atoms with Gasteiger partial charge in [-0.1, -0.05) is 41.5 Å². The first-order valence-corrected chi connectivity index (χ1v) is 15.5. The van der Waals surface area contributed by atoms with Gasteiger partial charge in [-0.3, -0.25) is 0 Å². The molecule has 0 spiro atoms. The van der Waals surface area contributed by atoms with Crippen molar-refractivity contribution in [3.63, 3.8) is 0 Å². The fraction of sp³-hybridized carbons (Fsp3) is 1.00. The summed E-state index contributed by atoms with van der Waals surface area (Å²) in [6.07, 6.45) is 7.15. The maximum atomic E-state index is 11.0. The molecule has 5 unspecified atom stereocenters. The lowest BCUT2D eigenvalue weighted by Crippen LogP contribution is -2.52. The van der Waals surface area contributed by atoms with Crippen molar-refractivity contribution >= 4 is 24.4 Å². The number of aliphatic hydroxyl groups is 1. The Balaban J connectivity index is 3.18. The first kappa shape index (κ1) is 30.8. The molecule has 0 aromatic rings. The van der Waals surface area contributed by atoms with Crippen LogP contribution >= 0.6 is 16.5 Å². The average Bonchev–Trinajstić information content (AvgIpc) is 3.17. The first-order valence-electron chi connectivity index (χ1n) is 12.6. The van der Waals surface area contributed by atoms with E-state index in [9.17, 15) is 10.00 Å². The van der Waals surface area contributed by atoms with Crippen LogP contribution in [-0.2, 0) is 13.8 Å². The summed E-state index contributed by atoms with van der Waals surface area (Å²) in [5.74, 6) is 0. The van der Waals surface area contributed by atoms with Crippen molar-refractivity contribution < 1.29 is 23.8 Å². The van der Waals surface area contributed by atoms with Gasteiger partial charge in [0.05, 0.1) is 17.3 Å². The van der Waals surface area contributed by atoms with Crippen LogP contribution in [0.3, 0.4) is 0 Å². The van der Waals surface area contributed by atoms with Crippen LogP contribution in [0.5, 0.6) is 0 Å². The molecule has 0 aromatic heterocycles. The van der Waals surface area contributed by atoms with E-state index in [-0.39, 0.29) is 22.9 Å². The predicted octanol–water partition coefficient (Wildman–Crippen LogP) is 6.82. The van der Waals surface area contributed by atoms with Gasteiger partial charge in [-0.15, -0.1) is 0 Å². The third-order valence-electron chi connectivity index (χ3n) is 8.11. The lowest BCUT2D eigenvalue weighted by atomic mass is 9.82. The summed E-state index contributed by atoms with van der Waals surface area (Å²) in [6.45, 7) is 18.9. The number of rotatable bonds is 15. The highest BCUT2D eigenvalue weighted by Gasteiger charge is 2.54. The highest BCUT2D eigenvalue weighted by molar-refractivity contribution is 7.53. The second-order valence-electron chi connectivity index (χ2n) is 9.85. The fourth-order valence-electron chi connectivity index (χ4n) is 5.08. The summed E-state index contributed by atoms with van der Waals surface area (Å²) in [4.78, 5) is 11.0. The van der Waals surface area contributed by atoms with Gasteiger partial charge in [-0.2, -0.15) is 0 Å². The fourth-order valence-corrected chi connectivity index (χ4v) is 9.35. The molecule has 0 aromatic carbocycles. The molecule has 2 N–H and O–H groups in total. The van der Waals surface area contributed by atoms with Crippen LogP contribution in [0.1, 0.15) is 113 Å². The molecular formula is C24H49BO5P2. The standard InChI is InChI=1S/C24H49BO5P2/c1-10-21(7,18-19-16-17-20(25)28-19)29-31(9)23(12-3,13-4)22(8,11-2)30-32(27)24(26,14-5)15-6/h19-20,26-27H,10-18H2,1-9H3/t19?,20-,21?,22?,31?,32?/m1/s1. The summed E-state index contributed by atoms with van der Waals surface area (Å²) in [5.41, 5.74) is -0.923. The number of hydrogen-bond acceptors (Lipinski definition) is 5. The van der Waals surface area contributed by atoms with Crippen molar-refractivity contribution in [2.45, 2.75) is 147 Å². The molecule has 0 saturated carbocycles. The van der Waals surface area contributed by atoms with Crippen molar-refractivity contribution in [3.8, 4) is 0 Å². The Kier molecular flexibility index (Phi) is 12.1. The summed E-state index contributed by atoms with van der Waals surface area (Å²) in [6, 6.07) is -0.161. The van der Waals surface area contributed by atoms with E-state index in [1.807, 2.05) is 13.8 Å². The lowest BCUT2D eigenvalue weighted by molar-refractivity contribution is -0.0124. The highest BCUT2D eigenvalue weighted by Crippen LogP contribution is 2.65. The minimum atomic E-state index is -2.00. The van der Waals surface area contributed by atoms with Crippen LogP contribution in [-0.4, -0.2) is 58.3 Å². The van der Waals surface area contributed by atoms with Gasteiger partial charge >= 0.3 is 0 Å². The molecule has 1 saturated heterocycles. The van der Waals surface area contributed by atoms with Gasteiger partial charge in [0.25, 0.3) is 0 Å². The third kappa shape index (κ3) is 6.69. The largest absolute Gasteiger partial charge is 0.385 e. The maximum absolute atomic E-state index is 11.0. The minimum absolute atomic E-state index is 0.138. The Bertz CT molecular complexity index is 561. The highest BCUT2D eigenvalue weighted by atomic mass is 31.2. The molecule has 8 heteroatoms. The van der Waals surface area contributed by atoms with E-state index >= 15 is 0 Å². The number of hydrogen-bond donors (Lipinski definition) is 2. The zero-order valence-corrected chi connectivity index (χ0v) is 23.9. The van der Waals surface area contributed by atoms with Crippen LogP contribution in [0.4, 0.5) is 0 Å². The zero-order valence-electron chi connectivity index (χ0n) is 22.1. The Hall–Kier alpha value is 0.725. The molecule has 188 valence electrons. The second-order valence-corrected chi connectivity index (χ2v) is 13.4. The molecule has 1 fully saturated rings. The third-order valence-corrected chi connectivity index (χ3v) is 13.1. The Labute approximate surface area is 201 Å². The van der Waals surface area contributed by atoms with Crippen LogP contribution in [0.15, 0.2) is 0 Å². The van der Waals surface area contributed by atoms with Crippen LogP contribution in [0, 0.1) is 0 Å². The summed E-state index contributed by atoms with van der Waals surface area (Å²) in [7, 11) is 3.05. The van der Waals surface area contributed by atoms with Crippen molar-refractivity contribution in [2.75, 3.05) is 6.66 Å². The summed E-state index contributed by atoms with van der Waals surface area (Å²) < 4.78 is 19.3. The van der Waals surface area contributed by atoms with Crippen molar-refractivity contribution in [1.29, 1.82) is 0 Å². The quantitative estimate of drug-likeness (QED) is 0.195. The predicted molar refractivity (Wildman–Crippen MR) is 139 cm³/mol. The SMILES string of the molecule is [B][C@H]1CCC(CC(C)(CC)OP(C)C(CC)(CC)C(C)(CC)OP(O)C(O)(CC)CC)O1. The molecule has 0 amide bonds. The molecule has 0 bridgehead atoms. The van der Waals surface area contributed by atoms with Gasteiger partial charge in [-0.05, 0) is 71.9 Å². The average molecular weight is 490 g/mol. The lowest BCUT2D eigenvalue weighted by Gasteiger charge is -2.53. The Morgan fingerprint density at radius 3 is 1.84 bits per heavy atom. The van der Waals surface area contributed by atoms with E-state index in [0.29, 0.717) is 12.8 Å². The molecule has 1 aliphatic rings. The van der Waals surface area contributed by atoms with Gasteiger partial charge in [0, 0.05) is 25.7 Å². The number of ether oxygens (including phenoxy) is 1. The zero-order chi connectivity index (χ0) is 24.8. The summed E-state index contributed by atoms with van der Waals surface area (Å²) >= 11 is 0. The van der Waals surface area contributed by atoms with Crippen molar-refractivity contribution in [3.05, 3.63) is 0 Å². The topological polar surface area (TPSA) is 68.2 Å². The van der Waals surface area contributed by atoms with Gasteiger partial charge in [0.2, 0.25) is 8.38 Å². The van der Waals surface area contributed by atoms with Crippen LogP contribution in [0.2, 0.25) is 0 Å². The van der Waals surface area contributed by atoms with E-state index in [1.54, 1.807) is 0 Å². The molecule has 6 atom stereocenters. The monoisotopic (exact) mass is 490 g/mol. The van der Waals surface area contributed by atoms with E-state index in [1.165, 1.54) is 0 Å². The maximum Gasteiger partial charge on any atom is 0.202 e. The minimum Gasteiger partial charge on any atom is -0.385 e. The first-order chi connectivity index (χ1) is 14.8. The molecular weight excluding hydrogens is 441 g/mol. The van der Waals surface area contributed by atoms with Gasteiger partial charge in [0.1, 0.15) is 13.2 Å². The smallest absolute Gasteiger partial charge is 0.202 e. The molecule has 32 heavy (non-hydrogen) atoms. The van der Waals surface area contributed by atoms with E-state index in [2.05, 4.69) is 48.2 Å². The van der Waals surface area contributed by atoms with Crippen LogP contribution in [0.25, 0.3) is 0 Å². The van der Waals surface area contributed by atoms with Gasteiger partial charge < -0.3 is 23.8 Å². The molecule has 5 nitrogen and oxygen atoms in total. The summed E-state index contributed by atoms with van der Waals surface area (Å²) in [5, 5.41) is 9.47. The van der Waals surface area contributed by atoms with Crippen molar-refractivity contribution in [1.82, 2.24) is 0 Å². The second kappa shape index (κ2) is 12.6. The normalized spacial score (nSPS) is 25.8.